The van der Waals surface area contributed by atoms with Crippen LogP contribution in [0.5, 0.6) is 0 Å². The highest BCUT2D eigenvalue weighted by Crippen LogP contribution is 2.26. The van der Waals surface area contributed by atoms with Crippen LogP contribution in [-0.2, 0) is 11.2 Å². The molecule has 0 aromatic carbocycles. The summed E-state index contributed by atoms with van der Waals surface area (Å²) >= 11 is 0. The third-order valence-electron chi connectivity index (χ3n) is 2.99. The van der Waals surface area contributed by atoms with Crippen LogP contribution in [-0.4, -0.2) is 36.4 Å². The molecule has 2 atom stereocenters. The molecule has 1 aliphatic rings. The lowest BCUT2D eigenvalue weighted by Crippen LogP contribution is -2.08. The molecule has 5 heteroatoms. The SMILES string of the molecule is CCOCCc1noc(C2CNCC2C)n1. The Morgan fingerprint density at radius 1 is 1.50 bits per heavy atom. The van der Waals surface area contributed by atoms with E-state index in [1.54, 1.807) is 0 Å². The summed E-state index contributed by atoms with van der Waals surface area (Å²) in [6, 6.07) is 0. The van der Waals surface area contributed by atoms with Crippen LogP contribution < -0.4 is 5.32 Å². The van der Waals surface area contributed by atoms with Gasteiger partial charge in [-0.15, -0.1) is 0 Å². The van der Waals surface area contributed by atoms with Crippen molar-refractivity contribution in [2.24, 2.45) is 5.92 Å². The molecule has 2 heterocycles. The molecule has 90 valence electrons. The van der Waals surface area contributed by atoms with Crippen molar-refractivity contribution >= 4 is 0 Å². The van der Waals surface area contributed by atoms with E-state index in [4.69, 9.17) is 9.26 Å². The molecule has 1 fully saturated rings. The number of hydrogen-bond acceptors (Lipinski definition) is 5. The molecular formula is C11H19N3O2. The van der Waals surface area contributed by atoms with Gasteiger partial charge in [-0.05, 0) is 19.4 Å². The minimum atomic E-state index is 0.369. The Bertz CT molecular complexity index is 327. The van der Waals surface area contributed by atoms with Crippen molar-refractivity contribution in [1.82, 2.24) is 15.5 Å². The highest BCUT2D eigenvalue weighted by Gasteiger charge is 2.29. The van der Waals surface area contributed by atoms with E-state index in [0.29, 0.717) is 18.4 Å². The molecule has 1 saturated heterocycles. The number of rotatable bonds is 5. The molecule has 0 aliphatic carbocycles. The molecule has 0 spiro atoms. The number of nitrogens with zero attached hydrogens (tertiary/aromatic N) is 2. The quantitative estimate of drug-likeness (QED) is 0.757. The maximum atomic E-state index is 5.29. The molecule has 0 amide bonds. The van der Waals surface area contributed by atoms with E-state index >= 15 is 0 Å². The predicted octanol–water partition coefficient (Wildman–Crippen LogP) is 0.971. The maximum absolute atomic E-state index is 5.29. The molecule has 1 N–H and O–H groups in total. The van der Waals surface area contributed by atoms with Gasteiger partial charge < -0.3 is 14.6 Å². The largest absolute Gasteiger partial charge is 0.381 e. The van der Waals surface area contributed by atoms with E-state index in [0.717, 1.165) is 37.8 Å². The summed E-state index contributed by atoms with van der Waals surface area (Å²) in [5.74, 6) is 2.46. The molecule has 1 aromatic heterocycles. The second kappa shape index (κ2) is 5.41. The molecule has 16 heavy (non-hydrogen) atoms. The fourth-order valence-electron chi connectivity index (χ4n) is 1.97. The van der Waals surface area contributed by atoms with Crippen LogP contribution in [0, 0.1) is 5.92 Å². The third-order valence-corrected chi connectivity index (χ3v) is 2.99. The smallest absolute Gasteiger partial charge is 0.231 e. The van der Waals surface area contributed by atoms with Gasteiger partial charge in [-0.3, -0.25) is 0 Å². The van der Waals surface area contributed by atoms with Gasteiger partial charge in [0.1, 0.15) is 0 Å². The maximum Gasteiger partial charge on any atom is 0.231 e. The summed E-state index contributed by atoms with van der Waals surface area (Å²) < 4.78 is 10.6. The van der Waals surface area contributed by atoms with Crippen molar-refractivity contribution in [1.29, 1.82) is 0 Å². The van der Waals surface area contributed by atoms with Crippen LogP contribution in [0.1, 0.15) is 31.5 Å². The zero-order valence-electron chi connectivity index (χ0n) is 9.90. The minimum Gasteiger partial charge on any atom is -0.381 e. The Labute approximate surface area is 95.6 Å². The minimum absolute atomic E-state index is 0.369. The van der Waals surface area contributed by atoms with Gasteiger partial charge in [0.05, 0.1) is 12.5 Å². The van der Waals surface area contributed by atoms with Gasteiger partial charge in [0.15, 0.2) is 5.82 Å². The van der Waals surface area contributed by atoms with Crippen LogP contribution in [0.3, 0.4) is 0 Å². The van der Waals surface area contributed by atoms with Crippen molar-refractivity contribution in [3.8, 4) is 0 Å². The fourth-order valence-corrected chi connectivity index (χ4v) is 1.97. The Balaban J connectivity index is 1.91. The van der Waals surface area contributed by atoms with Crippen LogP contribution in [0.2, 0.25) is 0 Å². The monoisotopic (exact) mass is 225 g/mol. The Kier molecular flexibility index (Phi) is 3.90. The lowest BCUT2D eigenvalue weighted by Gasteiger charge is -2.07. The van der Waals surface area contributed by atoms with E-state index in [2.05, 4.69) is 22.4 Å². The molecule has 2 unspecified atom stereocenters. The van der Waals surface area contributed by atoms with Crippen molar-refractivity contribution in [3.05, 3.63) is 11.7 Å². The van der Waals surface area contributed by atoms with Gasteiger partial charge in [0.25, 0.3) is 0 Å². The fraction of sp³-hybridized carbons (Fsp3) is 0.818. The average molecular weight is 225 g/mol. The van der Waals surface area contributed by atoms with Crippen LogP contribution in [0.4, 0.5) is 0 Å². The van der Waals surface area contributed by atoms with Gasteiger partial charge in [0.2, 0.25) is 5.89 Å². The summed E-state index contributed by atoms with van der Waals surface area (Å²) in [6.07, 6.45) is 0.728. The van der Waals surface area contributed by atoms with Gasteiger partial charge >= 0.3 is 0 Å². The van der Waals surface area contributed by atoms with E-state index < -0.39 is 0 Å². The highest BCUT2D eigenvalue weighted by atomic mass is 16.5. The topological polar surface area (TPSA) is 60.2 Å². The van der Waals surface area contributed by atoms with Crippen LogP contribution >= 0.6 is 0 Å². The summed E-state index contributed by atoms with van der Waals surface area (Å²) in [7, 11) is 0. The van der Waals surface area contributed by atoms with Crippen molar-refractivity contribution in [2.75, 3.05) is 26.3 Å². The molecule has 1 aromatic rings. The summed E-state index contributed by atoms with van der Waals surface area (Å²) in [5.41, 5.74) is 0. The number of nitrogens with one attached hydrogen (secondary N) is 1. The first kappa shape index (κ1) is 11.5. The molecule has 0 radical (unpaired) electrons. The van der Waals surface area contributed by atoms with Crippen molar-refractivity contribution < 1.29 is 9.26 Å². The molecular weight excluding hydrogens is 206 g/mol. The van der Waals surface area contributed by atoms with Crippen LogP contribution in [0.25, 0.3) is 0 Å². The molecule has 0 bridgehead atoms. The zero-order valence-corrected chi connectivity index (χ0v) is 9.90. The van der Waals surface area contributed by atoms with E-state index in [-0.39, 0.29) is 0 Å². The normalized spacial score (nSPS) is 25.1. The van der Waals surface area contributed by atoms with Crippen molar-refractivity contribution in [3.63, 3.8) is 0 Å². The third kappa shape index (κ3) is 2.59. The predicted molar refractivity (Wildman–Crippen MR) is 59.3 cm³/mol. The lowest BCUT2D eigenvalue weighted by molar-refractivity contribution is 0.149. The molecule has 1 aliphatic heterocycles. The first-order valence-corrected chi connectivity index (χ1v) is 5.92. The highest BCUT2D eigenvalue weighted by molar-refractivity contribution is 5.00. The summed E-state index contributed by atoms with van der Waals surface area (Å²) in [5, 5.41) is 7.30. The van der Waals surface area contributed by atoms with Gasteiger partial charge in [-0.2, -0.15) is 4.98 Å². The van der Waals surface area contributed by atoms with Crippen molar-refractivity contribution in [2.45, 2.75) is 26.2 Å². The first-order chi connectivity index (χ1) is 7.81. The van der Waals surface area contributed by atoms with Gasteiger partial charge in [-0.25, -0.2) is 0 Å². The second-order valence-corrected chi connectivity index (χ2v) is 4.24. The lowest BCUT2D eigenvalue weighted by atomic mass is 9.98. The summed E-state index contributed by atoms with van der Waals surface area (Å²) in [4.78, 5) is 4.42. The van der Waals surface area contributed by atoms with E-state index in [1.807, 2.05) is 6.92 Å². The van der Waals surface area contributed by atoms with Crippen LogP contribution in [0.15, 0.2) is 4.52 Å². The number of ether oxygens (including phenoxy) is 1. The molecule has 2 rings (SSSR count). The first-order valence-electron chi connectivity index (χ1n) is 5.92. The van der Waals surface area contributed by atoms with E-state index in [9.17, 15) is 0 Å². The molecule has 0 saturated carbocycles. The number of hydrogen-bond donors (Lipinski definition) is 1. The van der Waals surface area contributed by atoms with E-state index in [1.165, 1.54) is 0 Å². The Morgan fingerprint density at radius 3 is 3.06 bits per heavy atom. The Hall–Kier alpha value is -0.940. The van der Waals surface area contributed by atoms with Gasteiger partial charge in [-0.1, -0.05) is 12.1 Å². The Morgan fingerprint density at radius 2 is 2.38 bits per heavy atom. The molecule has 5 nitrogen and oxygen atoms in total. The zero-order chi connectivity index (χ0) is 11.4. The van der Waals surface area contributed by atoms with Gasteiger partial charge in [0, 0.05) is 19.6 Å². The standard InChI is InChI=1S/C11H19N3O2/c1-3-15-5-4-10-13-11(16-14-10)9-7-12-6-8(9)2/h8-9,12H,3-7H2,1-2H3. The number of aromatic nitrogens is 2. The summed E-state index contributed by atoms with van der Waals surface area (Å²) in [6.45, 7) is 7.54. The average Bonchev–Trinajstić information content (AvgIpc) is 2.87. The second-order valence-electron chi connectivity index (χ2n) is 4.24.